The highest BCUT2D eigenvalue weighted by Gasteiger charge is 1.99. The van der Waals surface area contributed by atoms with Gasteiger partial charge < -0.3 is 0 Å². The molecule has 1 aromatic carbocycles. The van der Waals surface area contributed by atoms with Crippen molar-refractivity contribution >= 4 is 0 Å². The Morgan fingerprint density at radius 1 is 0.900 bits per heavy atom. The molecule has 0 amide bonds. The van der Waals surface area contributed by atoms with Crippen molar-refractivity contribution in [2.45, 2.75) is 7.43 Å². The second-order valence-corrected chi connectivity index (χ2v) is 1.56. The summed E-state index contributed by atoms with van der Waals surface area (Å²) in [4.78, 5) is 0. The summed E-state index contributed by atoms with van der Waals surface area (Å²) in [6.07, 6.45) is 0. The molecule has 0 saturated carbocycles. The molecule has 0 aliphatic carbocycles. The van der Waals surface area contributed by atoms with Crippen molar-refractivity contribution in [2.75, 3.05) is 0 Å². The van der Waals surface area contributed by atoms with E-state index in [1.54, 1.807) is 0 Å². The smallest absolute Gasteiger partial charge is 0.161 e. The van der Waals surface area contributed by atoms with Crippen LogP contribution in [-0.4, -0.2) is 0 Å². The van der Waals surface area contributed by atoms with Crippen LogP contribution in [0.5, 0.6) is 0 Å². The van der Waals surface area contributed by atoms with Crippen LogP contribution in [0.4, 0.5) is 13.2 Å². The Morgan fingerprint density at radius 2 is 1.50 bits per heavy atom. The van der Waals surface area contributed by atoms with E-state index in [1.807, 2.05) is 0 Å². The molecule has 0 aliphatic heterocycles. The van der Waals surface area contributed by atoms with Gasteiger partial charge in [0.2, 0.25) is 0 Å². The Labute approximate surface area is 57.3 Å². The molecular formula is C7H7F3. The van der Waals surface area contributed by atoms with Crippen LogP contribution < -0.4 is 0 Å². The number of rotatable bonds is 0. The largest absolute Gasteiger partial charge is 0.207 e. The molecular weight excluding hydrogens is 141 g/mol. The second-order valence-electron chi connectivity index (χ2n) is 1.56. The van der Waals surface area contributed by atoms with Crippen molar-refractivity contribution < 1.29 is 13.2 Å². The molecule has 0 atom stereocenters. The van der Waals surface area contributed by atoms with Crippen LogP contribution >= 0.6 is 0 Å². The zero-order valence-corrected chi connectivity index (χ0v) is 4.37. The van der Waals surface area contributed by atoms with E-state index in [4.69, 9.17) is 0 Å². The van der Waals surface area contributed by atoms with Gasteiger partial charge in [-0.25, -0.2) is 13.2 Å². The van der Waals surface area contributed by atoms with Gasteiger partial charge in [0.25, 0.3) is 0 Å². The van der Waals surface area contributed by atoms with Crippen LogP contribution in [0.15, 0.2) is 18.2 Å². The molecule has 0 saturated heterocycles. The molecule has 10 heavy (non-hydrogen) atoms. The van der Waals surface area contributed by atoms with Crippen LogP contribution in [0.1, 0.15) is 7.43 Å². The minimum atomic E-state index is -1.16. The molecule has 0 heterocycles. The van der Waals surface area contributed by atoms with Crippen LogP contribution in [0, 0.1) is 17.5 Å². The average molecular weight is 148 g/mol. The molecule has 1 aromatic rings. The molecule has 0 nitrogen and oxygen atoms in total. The Hall–Kier alpha value is -0.990. The van der Waals surface area contributed by atoms with Gasteiger partial charge in [0.15, 0.2) is 11.6 Å². The van der Waals surface area contributed by atoms with Crippen molar-refractivity contribution in [1.82, 2.24) is 0 Å². The van der Waals surface area contributed by atoms with Crippen molar-refractivity contribution in [2.24, 2.45) is 0 Å². The molecule has 0 unspecified atom stereocenters. The number of benzene rings is 1. The summed E-state index contributed by atoms with van der Waals surface area (Å²) >= 11 is 0. The lowest BCUT2D eigenvalue weighted by molar-refractivity contribution is 0.495. The summed E-state index contributed by atoms with van der Waals surface area (Å²) in [5, 5.41) is 0. The molecule has 3 heteroatoms. The van der Waals surface area contributed by atoms with Gasteiger partial charge in [-0.3, -0.25) is 0 Å². The highest BCUT2D eigenvalue weighted by atomic mass is 19.2. The van der Waals surface area contributed by atoms with Gasteiger partial charge in [-0.05, 0) is 12.1 Å². The van der Waals surface area contributed by atoms with Gasteiger partial charge in [-0.1, -0.05) is 7.43 Å². The summed E-state index contributed by atoms with van der Waals surface area (Å²) in [7, 11) is 0. The molecule has 0 N–H and O–H groups in total. The predicted molar refractivity (Wildman–Crippen MR) is 33.0 cm³/mol. The normalized spacial score (nSPS) is 8.70. The zero-order chi connectivity index (χ0) is 6.85. The molecule has 0 aliphatic rings. The second kappa shape index (κ2) is 3.25. The average Bonchev–Trinajstić information content (AvgIpc) is 1.80. The predicted octanol–water partition coefficient (Wildman–Crippen LogP) is 2.74. The maximum atomic E-state index is 12.0. The van der Waals surface area contributed by atoms with E-state index < -0.39 is 17.5 Å². The van der Waals surface area contributed by atoms with Crippen LogP contribution in [-0.2, 0) is 0 Å². The molecule has 0 spiro atoms. The SMILES string of the molecule is C.Fc1ccc(F)c(F)c1. The first-order chi connectivity index (χ1) is 4.20. The van der Waals surface area contributed by atoms with Crippen molar-refractivity contribution in [3.05, 3.63) is 35.7 Å². The molecule has 56 valence electrons. The first-order valence-corrected chi connectivity index (χ1v) is 2.30. The lowest BCUT2D eigenvalue weighted by Gasteiger charge is -1.88. The van der Waals surface area contributed by atoms with E-state index >= 15 is 0 Å². The Bertz CT molecular complexity index is 220. The monoisotopic (exact) mass is 148 g/mol. The highest BCUT2D eigenvalue weighted by Crippen LogP contribution is 2.05. The Morgan fingerprint density at radius 3 is 1.90 bits per heavy atom. The van der Waals surface area contributed by atoms with E-state index in [-0.39, 0.29) is 7.43 Å². The van der Waals surface area contributed by atoms with Gasteiger partial charge in [0, 0.05) is 6.07 Å². The number of hydrogen-bond acceptors (Lipinski definition) is 0. The van der Waals surface area contributed by atoms with Crippen molar-refractivity contribution in [3.8, 4) is 0 Å². The number of hydrogen-bond donors (Lipinski definition) is 0. The highest BCUT2D eigenvalue weighted by molar-refractivity contribution is 5.07. The third kappa shape index (κ3) is 1.76. The van der Waals surface area contributed by atoms with E-state index in [0.29, 0.717) is 6.07 Å². The van der Waals surface area contributed by atoms with Gasteiger partial charge in [0.1, 0.15) is 5.82 Å². The van der Waals surface area contributed by atoms with Gasteiger partial charge in [-0.2, -0.15) is 0 Å². The molecule has 0 fully saturated rings. The van der Waals surface area contributed by atoms with Crippen molar-refractivity contribution in [1.29, 1.82) is 0 Å². The minimum absolute atomic E-state index is 0. The maximum absolute atomic E-state index is 12.0. The van der Waals surface area contributed by atoms with E-state index in [2.05, 4.69) is 0 Å². The third-order valence-corrected chi connectivity index (χ3v) is 0.882. The standard InChI is InChI=1S/C6H3F3.CH4/c7-4-1-2-5(8)6(9)3-4;/h1-3H;1H4. The van der Waals surface area contributed by atoms with Gasteiger partial charge in [0.05, 0.1) is 0 Å². The summed E-state index contributed by atoms with van der Waals surface area (Å²) in [6.45, 7) is 0. The number of halogens is 3. The van der Waals surface area contributed by atoms with Crippen LogP contribution in [0.2, 0.25) is 0 Å². The van der Waals surface area contributed by atoms with Crippen LogP contribution in [0.3, 0.4) is 0 Å². The fourth-order valence-electron chi connectivity index (χ4n) is 0.470. The summed E-state index contributed by atoms with van der Waals surface area (Å²) in [6, 6.07) is 2.10. The molecule has 0 aromatic heterocycles. The Balaban J connectivity index is 0.000000810. The maximum Gasteiger partial charge on any atom is 0.161 e. The fourth-order valence-corrected chi connectivity index (χ4v) is 0.470. The molecule has 0 radical (unpaired) electrons. The first-order valence-electron chi connectivity index (χ1n) is 2.30. The summed E-state index contributed by atoms with van der Waals surface area (Å²) in [5.74, 6) is -2.96. The van der Waals surface area contributed by atoms with Crippen molar-refractivity contribution in [3.63, 3.8) is 0 Å². The molecule has 0 bridgehead atoms. The minimum Gasteiger partial charge on any atom is -0.207 e. The van der Waals surface area contributed by atoms with Gasteiger partial charge in [-0.15, -0.1) is 0 Å². The summed E-state index contributed by atoms with van der Waals surface area (Å²) < 4.78 is 35.9. The fraction of sp³-hybridized carbons (Fsp3) is 0.143. The summed E-state index contributed by atoms with van der Waals surface area (Å²) in [5.41, 5.74) is 0. The third-order valence-electron chi connectivity index (χ3n) is 0.882. The van der Waals surface area contributed by atoms with E-state index in [9.17, 15) is 13.2 Å². The molecule has 1 rings (SSSR count). The lowest BCUT2D eigenvalue weighted by Crippen LogP contribution is -1.83. The quantitative estimate of drug-likeness (QED) is 0.496. The van der Waals surface area contributed by atoms with E-state index in [0.717, 1.165) is 12.1 Å². The van der Waals surface area contributed by atoms with Gasteiger partial charge >= 0.3 is 0 Å². The lowest BCUT2D eigenvalue weighted by atomic mass is 10.3. The van der Waals surface area contributed by atoms with Crippen LogP contribution in [0.25, 0.3) is 0 Å². The zero-order valence-electron chi connectivity index (χ0n) is 4.37. The first kappa shape index (κ1) is 9.01. The topological polar surface area (TPSA) is 0 Å². The Kier molecular flexibility index (Phi) is 2.93. The van der Waals surface area contributed by atoms with E-state index in [1.165, 1.54) is 0 Å².